The average Bonchev–Trinajstić information content (AvgIpc) is 2.79. The second-order valence-corrected chi connectivity index (χ2v) is 5.50. The number of nitrogens with zero attached hydrogens (tertiary/aromatic N) is 1. The summed E-state index contributed by atoms with van der Waals surface area (Å²) < 4.78 is 4.94. The number of carbonyl (C=O) groups excluding carboxylic acids is 2. The van der Waals surface area contributed by atoms with Crippen LogP contribution in [0.15, 0.2) is 18.2 Å². The topological polar surface area (TPSA) is 58.6 Å². The van der Waals surface area contributed by atoms with Gasteiger partial charge in [-0.2, -0.15) is 0 Å². The number of cyclic esters (lactones) is 1. The Bertz CT molecular complexity index is 624. The van der Waals surface area contributed by atoms with Crippen molar-refractivity contribution in [3.8, 4) is 0 Å². The van der Waals surface area contributed by atoms with Gasteiger partial charge in [0.15, 0.2) is 5.11 Å². The molecule has 1 amide bonds. The second kappa shape index (κ2) is 3.77. The first kappa shape index (κ1) is 12.1. The van der Waals surface area contributed by atoms with E-state index in [4.69, 9.17) is 17.0 Å². The molecule has 1 fully saturated rings. The number of carbonyl (C=O) groups is 2. The van der Waals surface area contributed by atoms with Crippen molar-refractivity contribution in [2.75, 3.05) is 4.90 Å². The molecule has 2 aliphatic rings. The van der Waals surface area contributed by atoms with E-state index in [2.05, 4.69) is 5.32 Å². The molecular formula is C13H12N2O3S. The van der Waals surface area contributed by atoms with Crippen molar-refractivity contribution in [1.82, 2.24) is 5.32 Å². The van der Waals surface area contributed by atoms with E-state index in [-0.39, 0.29) is 18.5 Å². The van der Waals surface area contributed by atoms with E-state index in [9.17, 15) is 9.59 Å². The van der Waals surface area contributed by atoms with Gasteiger partial charge in [-0.15, -0.1) is 0 Å². The molecule has 1 aromatic rings. The largest absolute Gasteiger partial charge is 0.457 e. The van der Waals surface area contributed by atoms with Gasteiger partial charge < -0.3 is 10.1 Å². The highest BCUT2D eigenvalue weighted by Gasteiger charge is 2.43. The van der Waals surface area contributed by atoms with Crippen LogP contribution < -0.4 is 10.2 Å². The van der Waals surface area contributed by atoms with E-state index in [1.54, 1.807) is 32.0 Å². The maximum Gasteiger partial charge on any atom is 0.338 e. The zero-order chi connectivity index (χ0) is 13.8. The third-order valence-corrected chi connectivity index (χ3v) is 3.57. The third kappa shape index (κ3) is 1.71. The molecule has 0 aliphatic carbocycles. The lowest BCUT2D eigenvalue weighted by atomic mass is 10.1. The lowest BCUT2D eigenvalue weighted by molar-refractivity contribution is -0.120. The Hall–Kier alpha value is -1.95. The smallest absolute Gasteiger partial charge is 0.338 e. The fourth-order valence-corrected chi connectivity index (χ4v) is 2.69. The predicted molar refractivity (Wildman–Crippen MR) is 72.9 cm³/mol. The predicted octanol–water partition coefficient (Wildman–Crippen LogP) is 1.36. The summed E-state index contributed by atoms with van der Waals surface area (Å²) in [5.41, 5.74) is 1.28. The quantitative estimate of drug-likeness (QED) is 0.620. The SMILES string of the molecule is CC1(C)NC(=S)N(c2ccc3c(c2)COC3=O)C1=O. The standard InChI is InChI=1S/C13H12N2O3S/c1-13(2)11(17)15(12(19)14-13)8-3-4-9-7(5-8)6-18-10(9)16/h3-5H,6H2,1-2H3,(H,14,19). The van der Waals surface area contributed by atoms with Crippen molar-refractivity contribution in [2.45, 2.75) is 26.0 Å². The van der Waals surface area contributed by atoms with Gasteiger partial charge in [0, 0.05) is 5.56 Å². The van der Waals surface area contributed by atoms with Crippen LogP contribution in [-0.4, -0.2) is 22.5 Å². The van der Waals surface area contributed by atoms with Crippen LogP contribution in [-0.2, 0) is 16.1 Å². The zero-order valence-corrected chi connectivity index (χ0v) is 11.3. The molecule has 0 atom stereocenters. The molecule has 0 radical (unpaired) electrons. The number of hydrogen-bond acceptors (Lipinski definition) is 4. The number of amides is 1. The molecule has 6 heteroatoms. The second-order valence-electron chi connectivity index (χ2n) is 5.11. The highest BCUT2D eigenvalue weighted by molar-refractivity contribution is 7.80. The molecule has 0 bridgehead atoms. The van der Waals surface area contributed by atoms with Crippen LogP contribution in [0.5, 0.6) is 0 Å². The molecular weight excluding hydrogens is 264 g/mol. The molecule has 0 aromatic heterocycles. The fraction of sp³-hybridized carbons (Fsp3) is 0.308. The number of benzene rings is 1. The van der Waals surface area contributed by atoms with Crippen LogP contribution in [0, 0.1) is 0 Å². The van der Waals surface area contributed by atoms with Crippen LogP contribution in [0.4, 0.5) is 5.69 Å². The number of nitrogens with one attached hydrogen (secondary N) is 1. The highest BCUT2D eigenvalue weighted by Crippen LogP contribution is 2.29. The van der Waals surface area contributed by atoms with Gasteiger partial charge in [0.1, 0.15) is 12.1 Å². The van der Waals surface area contributed by atoms with Crippen molar-refractivity contribution in [2.24, 2.45) is 0 Å². The van der Waals surface area contributed by atoms with Crippen molar-refractivity contribution >= 4 is 34.9 Å². The van der Waals surface area contributed by atoms with Gasteiger partial charge in [0.25, 0.3) is 5.91 Å². The number of esters is 1. The summed E-state index contributed by atoms with van der Waals surface area (Å²) in [4.78, 5) is 25.1. The van der Waals surface area contributed by atoms with Gasteiger partial charge >= 0.3 is 5.97 Å². The first-order valence-corrected chi connectivity index (χ1v) is 6.28. The van der Waals surface area contributed by atoms with Crippen molar-refractivity contribution < 1.29 is 14.3 Å². The van der Waals surface area contributed by atoms with Gasteiger partial charge in [-0.1, -0.05) is 0 Å². The Morgan fingerprint density at radius 2 is 2.11 bits per heavy atom. The molecule has 2 heterocycles. The summed E-state index contributed by atoms with van der Waals surface area (Å²) >= 11 is 5.20. The van der Waals surface area contributed by atoms with Crippen LogP contribution in [0.25, 0.3) is 0 Å². The Kier molecular flexibility index (Phi) is 2.40. The number of fused-ring (bicyclic) bond motifs is 1. The van der Waals surface area contributed by atoms with Crippen LogP contribution in [0.1, 0.15) is 29.8 Å². The van der Waals surface area contributed by atoms with E-state index in [1.165, 1.54) is 4.90 Å². The van der Waals surface area contributed by atoms with E-state index in [0.717, 1.165) is 5.56 Å². The number of thiocarbonyl (C=S) groups is 1. The summed E-state index contributed by atoms with van der Waals surface area (Å²) in [5, 5.41) is 3.35. The molecule has 5 nitrogen and oxygen atoms in total. The number of anilines is 1. The number of hydrogen-bond donors (Lipinski definition) is 1. The Balaban J connectivity index is 2.02. The minimum atomic E-state index is -0.706. The highest BCUT2D eigenvalue weighted by atomic mass is 32.1. The monoisotopic (exact) mass is 276 g/mol. The minimum absolute atomic E-state index is 0.109. The van der Waals surface area contributed by atoms with Gasteiger partial charge in [0.2, 0.25) is 0 Å². The van der Waals surface area contributed by atoms with E-state index < -0.39 is 5.54 Å². The van der Waals surface area contributed by atoms with Gasteiger partial charge in [-0.05, 0) is 44.3 Å². The molecule has 0 unspecified atom stereocenters. The van der Waals surface area contributed by atoms with Gasteiger partial charge in [0.05, 0.1) is 11.3 Å². The molecule has 1 N–H and O–H groups in total. The van der Waals surface area contributed by atoms with Crippen LogP contribution >= 0.6 is 12.2 Å². The molecule has 0 spiro atoms. The molecule has 1 saturated heterocycles. The summed E-state index contributed by atoms with van der Waals surface area (Å²) in [6.45, 7) is 3.80. The number of rotatable bonds is 1. The fourth-order valence-electron chi connectivity index (χ4n) is 2.24. The summed E-state index contributed by atoms with van der Waals surface area (Å²) in [6, 6.07) is 5.15. The van der Waals surface area contributed by atoms with Gasteiger partial charge in [-0.3, -0.25) is 9.69 Å². The van der Waals surface area contributed by atoms with Crippen molar-refractivity contribution in [3.05, 3.63) is 29.3 Å². The van der Waals surface area contributed by atoms with E-state index in [1.807, 2.05) is 0 Å². The summed E-state index contributed by atoms with van der Waals surface area (Å²) in [6.07, 6.45) is 0. The molecule has 19 heavy (non-hydrogen) atoms. The summed E-state index contributed by atoms with van der Waals surface area (Å²) in [5.74, 6) is -0.432. The Labute approximate surface area is 115 Å². The lowest BCUT2D eigenvalue weighted by Crippen LogP contribution is -2.40. The van der Waals surface area contributed by atoms with Crippen molar-refractivity contribution in [1.29, 1.82) is 0 Å². The summed E-state index contributed by atoms with van der Waals surface area (Å²) in [7, 11) is 0. The molecule has 0 saturated carbocycles. The molecule has 3 rings (SSSR count). The normalized spacial score (nSPS) is 20.3. The van der Waals surface area contributed by atoms with E-state index >= 15 is 0 Å². The lowest BCUT2D eigenvalue weighted by Gasteiger charge is -2.17. The third-order valence-electron chi connectivity index (χ3n) is 3.29. The van der Waals surface area contributed by atoms with E-state index in [0.29, 0.717) is 16.4 Å². The average molecular weight is 276 g/mol. The molecule has 2 aliphatic heterocycles. The zero-order valence-electron chi connectivity index (χ0n) is 10.5. The van der Waals surface area contributed by atoms with Crippen LogP contribution in [0.2, 0.25) is 0 Å². The maximum absolute atomic E-state index is 12.3. The van der Waals surface area contributed by atoms with Gasteiger partial charge in [-0.25, -0.2) is 4.79 Å². The Morgan fingerprint density at radius 3 is 2.74 bits per heavy atom. The molecule has 1 aromatic carbocycles. The minimum Gasteiger partial charge on any atom is -0.457 e. The first-order chi connectivity index (χ1) is 8.90. The molecule has 98 valence electrons. The maximum atomic E-state index is 12.3. The number of ether oxygens (including phenoxy) is 1. The first-order valence-electron chi connectivity index (χ1n) is 5.87. The van der Waals surface area contributed by atoms with Crippen molar-refractivity contribution in [3.63, 3.8) is 0 Å². The van der Waals surface area contributed by atoms with Crippen LogP contribution in [0.3, 0.4) is 0 Å². The Morgan fingerprint density at radius 1 is 1.37 bits per heavy atom.